The number of phenols is 1. The van der Waals surface area contributed by atoms with Gasteiger partial charge in [-0.3, -0.25) is 20.4 Å². The number of rotatable bonds is 5. The van der Waals surface area contributed by atoms with E-state index in [9.17, 15) is 14.7 Å². The zero-order chi connectivity index (χ0) is 20.1. The normalized spacial score (nSPS) is 11.5. The molecule has 0 bridgehead atoms. The fourth-order valence-corrected chi connectivity index (χ4v) is 2.62. The molecule has 7 heteroatoms. The molecule has 0 heterocycles. The maximum absolute atomic E-state index is 12.2. The van der Waals surface area contributed by atoms with Crippen molar-refractivity contribution in [2.75, 3.05) is 7.11 Å². The average molecular weight is 380 g/mol. The topological polar surface area (TPSA) is 96.9 Å². The monoisotopic (exact) mass is 380 g/mol. The summed E-state index contributed by atoms with van der Waals surface area (Å²) in [6.07, 6.45) is -0.842. The van der Waals surface area contributed by atoms with E-state index in [4.69, 9.17) is 9.47 Å². The van der Waals surface area contributed by atoms with Crippen molar-refractivity contribution in [3.8, 4) is 17.2 Å². The van der Waals surface area contributed by atoms with E-state index < -0.39 is 17.9 Å². The summed E-state index contributed by atoms with van der Waals surface area (Å²) < 4.78 is 10.6. The average Bonchev–Trinajstić information content (AvgIpc) is 2.71. The standard InChI is InChI=1S/C21H20N2O5/c1-13(28-17-8-7-14-5-3-4-6-15(14)11-17)20(25)22-23-21(26)18-10-9-16(27-2)12-19(18)24/h3-13,24H,1-2H3,(H,22,25)(H,23,26). The molecular weight excluding hydrogens is 360 g/mol. The lowest BCUT2D eigenvalue weighted by Gasteiger charge is -2.16. The first-order valence-electron chi connectivity index (χ1n) is 8.60. The molecule has 3 aromatic rings. The molecular formula is C21H20N2O5. The number of methoxy groups -OCH3 is 1. The van der Waals surface area contributed by atoms with E-state index in [0.29, 0.717) is 11.5 Å². The third-order valence-electron chi connectivity index (χ3n) is 4.15. The van der Waals surface area contributed by atoms with Crippen molar-refractivity contribution in [2.45, 2.75) is 13.0 Å². The van der Waals surface area contributed by atoms with Gasteiger partial charge in [0.1, 0.15) is 17.2 Å². The number of hydrazine groups is 1. The minimum Gasteiger partial charge on any atom is -0.507 e. The van der Waals surface area contributed by atoms with E-state index in [-0.39, 0.29) is 11.3 Å². The quantitative estimate of drug-likeness (QED) is 0.592. The summed E-state index contributed by atoms with van der Waals surface area (Å²) in [5.74, 6) is -0.497. The van der Waals surface area contributed by atoms with Gasteiger partial charge in [0.2, 0.25) is 0 Å². The summed E-state index contributed by atoms with van der Waals surface area (Å²) in [6.45, 7) is 1.57. The number of nitrogens with one attached hydrogen (secondary N) is 2. The van der Waals surface area contributed by atoms with Gasteiger partial charge < -0.3 is 14.6 Å². The second-order valence-electron chi connectivity index (χ2n) is 6.10. The van der Waals surface area contributed by atoms with Gasteiger partial charge in [-0.1, -0.05) is 30.3 Å². The Morgan fingerprint density at radius 2 is 1.64 bits per heavy atom. The molecule has 0 saturated carbocycles. The van der Waals surface area contributed by atoms with Crippen molar-refractivity contribution >= 4 is 22.6 Å². The molecule has 3 aromatic carbocycles. The smallest absolute Gasteiger partial charge is 0.279 e. The van der Waals surface area contributed by atoms with Crippen LogP contribution in [0.15, 0.2) is 60.7 Å². The SMILES string of the molecule is COc1ccc(C(=O)NNC(=O)C(C)Oc2ccc3ccccc3c2)c(O)c1. The first kappa shape index (κ1) is 19.0. The van der Waals surface area contributed by atoms with Crippen molar-refractivity contribution in [3.63, 3.8) is 0 Å². The van der Waals surface area contributed by atoms with Crippen molar-refractivity contribution in [2.24, 2.45) is 0 Å². The Hall–Kier alpha value is -3.74. The number of hydrogen-bond acceptors (Lipinski definition) is 5. The molecule has 0 aliphatic heterocycles. The van der Waals surface area contributed by atoms with Crippen LogP contribution in [0.1, 0.15) is 17.3 Å². The number of aromatic hydroxyl groups is 1. The predicted octanol–water partition coefficient (Wildman–Crippen LogP) is 2.78. The Morgan fingerprint density at radius 1 is 0.929 bits per heavy atom. The molecule has 144 valence electrons. The number of ether oxygens (including phenoxy) is 2. The van der Waals surface area contributed by atoms with Crippen molar-refractivity contribution in [1.29, 1.82) is 0 Å². The Bertz CT molecular complexity index is 1020. The molecule has 0 spiro atoms. The van der Waals surface area contributed by atoms with Crippen LogP contribution in [0.5, 0.6) is 17.2 Å². The molecule has 0 radical (unpaired) electrons. The van der Waals surface area contributed by atoms with Gasteiger partial charge >= 0.3 is 0 Å². The van der Waals surface area contributed by atoms with Gasteiger partial charge in [-0.25, -0.2) is 0 Å². The molecule has 0 aliphatic carbocycles. The second kappa shape index (κ2) is 8.30. The van der Waals surface area contributed by atoms with Gasteiger partial charge in [0, 0.05) is 6.07 Å². The van der Waals surface area contributed by atoms with Crippen LogP contribution in [0.25, 0.3) is 10.8 Å². The number of hydrogen-bond donors (Lipinski definition) is 3. The lowest BCUT2D eigenvalue weighted by molar-refractivity contribution is -0.128. The maximum atomic E-state index is 12.2. The summed E-state index contributed by atoms with van der Waals surface area (Å²) in [7, 11) is 1.45. The lowest BCUT2D eigenvalue weighted by atomic mass is 10.1. The van der Waals surface area contributed by atoms with E-state index >= 15 is 0 Å². The summed E-state index contributed by atoms with van der Waals surface area (Å²) >= 11 is 0. The van der Waals surface area contributed by atoms with Gasteiger partial charge in [-0.15, -0.1) is 0 Å². The molecule has 0 aromatic heterocycles. The van der Waals surface area contributed by atoms with Crippen LogP contribution in [0.3, 0.4) is 0 Å². The fraction of sp³-hybridized carbons (Fsp3) is 0.143. The molecule has 0 saturated heterocycles. The van der Waals surface area contributed by atoms with Crippen LogP contribution < -0.4 is 20.3 Å². The highest BCUT2D eigenvalue weighted by Gasteiger charge is 2.17. The number of fused-ring (bicyclic) bond motifs is 1. The highest BCUT2D eigenvalue weighted by Crippen LogP contribution is 2.23. The minimum atomic E-state index is -0.842. The number of amides is 2. The molecule has 0 aliphatic rings. The van der Waals surface area contributed by atoms with E-state index in [2.05, 4.69) is 10.9 Å². The predicted molar refractivity (Wildman–Crippen MR) is 104 cm³/mol. The maximum Gasteiger partial charge on any atom is 0.279 e. The largest absolute Gasteiger partial charge is 0.507 e. The number of benzene rings is 3. The summed E-state index contributed by atoms with van der Waals surface area (Å²) in [6, 6.07) is 17.6. The van der Waals surface area contributed by atoms with E-state index in [1.165, 1.54) is 25.3 Å². The molecule has 1 atom stereocenters. The van der Waals surface area contributed by atoms with Crippen molar-refractivity contribution in [3.05, 3.63) is 66.2 Å². The molecule has 2 amide bonds. The Balaban J connectivity index is 1.58. The van der Waals surface area contributed by atoms with Crippen LogP contribution in [0, 0.1) is 0 Å². The van der Waals surface area contributed by atoms with Gasteiger partial charge in [0.15, 0.2) is 6.10 Å². The van der Waals surface area contributed by atoms with Crippen molar-refractivity contribution < 1.29 is 24.2 Å². The Morgan fingerprint density at radius 3 is 2.36 bits per heavy atom. The molecule has 3 rings (SSSR count). The summed E-state index contributed by atoms with van der Waals surface area (Å²) in [5.41, 5.74) is 4.55. The zero-order valence-corrected chi connectivity index (χ0v) is 15.4. The lowest BCUT2D eigenvalue weighted by Crippen LogP contribution is -2.47. The molecule has 3 N–H and O–H groups in total. The van der Waals surface area contributed by atoms with Crippen LogP contribution >= 0.6 is 0 Å². The number of phenolic OH excluding ortho intramolecular Hbond substituents is 1. The van der Waals surface area contributed by atoms with E-state index in [1.807, 2.05) is 36.4 Å². The number of carbonyl (C=O) groups is 2. The highest BCUT2D eigenvalue weighted by atomic mass is 16.5. The molecule has 0 fully saturated rings. The molecule has 28 heavy (non-hydrogen) atoms. The Kier molecular flexibility index (Phi) is 5.64. The van der Waals surface area contributed by atoms with E-state index in [0.717, 1.165) is 10.8 Å². The zero-order valence-electron chi connectivity index (χ0n) is 15.4. The third-order valence-corrected chi connectivity index (χ3v) is 4.15. The van der Waals surface area contributed by atoms with Crippen molar-refractivity contribution in [1.82, 2.24) is 10.9 Å². The molecule has 7 nitrogen and oxygen atoms in total. The summed E-state index contributed by atoms with van der Waals surface area (Å²) in [5, 5.41) is 11.9. The van der Waals surface area contributed by atoms with Crippen LogP contribution in [-0.4, -0.2) is 30.1 Å². The second-order valence-corrected chi connectivity index (χ2v) is 6.10. The van der Waals surface area contributed by atoms with E-state index in [1.54, 1.807) is 13.0 Å². The fourth-order valence-electron chi connectivity index (χ4n) is 2.62. The summed E-state index contributed by atoms with van der Waals surface area (Å²) in [4.78, 5) is 24.3. The van der Waals surface area contributed by atoms with Gasteiger partial charge in [-0.2, -0.15) is 0 Å². The molecule has 1 unspecified atom stereocenters. The minimum absolute atomic E-state index is 0.00389. The first-order chi connectivity index (χ1) is 13.5. The third kappa shape index (κ3) is 4.32. The Labute approximate surface area is 161 Å². The first-order valence-corrected chi connectivity index (χ1v) is 8.60. The van der Waals surface area contributed by atoms with Gasteiger partial charge in [-0.05, 0) is 42.0 Å². The van der Waals surface area contributed by atoms with Gasteiger partial charge in [0.05, 0.1) is 12.7 Å². The highest BCUT2D eigenvalue weighted by molar-refractivity contribution is 5.98. The number of carbonyl (C=O) groups excluding carboxylic acids is 2. The van der Waals surface area contributed by atoms with Gasteiger partial charge in [0.25, 0.3) is 11.8 Å². The van der Waals surface area contributed by atoms with Crippen LogP contribution in [0.2, 0.25) is 0 Å². The van der Waals surface area contributed by atoms with Crippen LogP contribution in [-0.2, 0) is 4.79 Å². The van der Waals surface area contributed by atoms with Crippen LogP contribution in [0.4, 0.5) is 0 Å².